The fourth-order valence-electron chi connectivity index (χ4n) is 2.09. The molecule has 0 aliphatic carbocycles. The van der Waals surface area contributed by atoms with E-state index in [1.807, 2.05) is 42.5 Å². The first-order valence-electron chi connectivity index (χ1n) is 6.85. The van der Waals surface area contributed by atoms with Crippen molar-refractivity contribution in [2.75, 3.05) is 20.6 Å². The number of nitrogens with one attached hydrogen (secondary N) is 1. The topological polar surface area (TPSA) is 52.6 Å². The molecular formula is C17H20N2O2. The van der Waals surface area contributed by atoms with Crippen LogP contribution >= 0.6 is 0 Å². The quantitative estimate of drug-likeness (QED) is 0.884. The zero-order chi connectivity index (χ0) is 15.2. The van der Waals surface area contributed by atoms with Gasteiger partial charge in [-0.1, -0.05) is 42.5 Å². The van der Waals surface area contributed by atoms with Crippen LogP contribution in [0.1, 0.15) is 17.2 Å². The minimum Gasteiger partial charge on any atom is -0.508 e. The van der Waals surface area contributed by atoms with Crippen LogP contribution in [0.15, 0.2) is 54.6 Å². The number of phenolic OH excluding ortho intramolecular Hbond substituents is 1. The van der Waals surface area contributed by atoms with Gasteiger partial charge in [0, 0.05) is 14.1 Å². The zero-order valence-corrected chi connectivity index (χ0v) is 12.3. The molecular weight excluding hydrogens is 264 g/mol. The molecule has 0 bridgehead atoms. The van der Waals surface area contributed by atoms with E-state index < -0.39 is 0 Å². The summed E-state index contributed by atoms with van der Waals surface area (Å²) < 4.78 is 0. The van der Waals surface area contributed by atoms with Gasteiger partial charge in [-0.05, 0) is 23.3 Å². The van der Waals surface area contributed by atoms with Crippen molar-refractivity contribution in [1.82, 2.24) is 10.2 Å². The molecule has 0 spiro atoms. The van der Waals surface area contributed by atoms with Gasteiger partial charge in [-0.2, -0.15) is 0 Å². The molecule has 0 saturated carbocycles. The molecule has 1 unspecified atom stereocenters. The molecule has 4 heteroatoms. The lowest BCUT2D eigenvalue weighted by Gasteiger charge is -2.21. The summed E-state index contributed by atoms with van der Waals surface area (Å²) in [6.07, 6.45) is 0. The summed E-state index contributed by atoms with van der Waals surface area (Å²) in [7, 11) is 3.48. The summed E-state index contributed by atoms with van der Waals surface area (Å²) in [6, 6.07) is 16.9. The largest absolute Gasteiger partial charge is 0.508 e. The van der Waals surface area contributed by atoms with E-state index >= 15 is 0 Å². The Morgan fingerprint density at radius 2 is 1.62 bits per heavy atom. The van der Waals surface area contributed by atoms with Crippen LogP contribution in [0, 0.1) is 0 Å². The zero-order valence-electron chi connectivity index (χ0n) is 12.3. The second-order valence-electron chi connectivity index (χ2n) is 5.10. The molecule has 2 aromatic rings. The van der Waals surface area contributed by atoms with Gasteiger partial charge in [0.1, 0.15) is 5.75 Å². The highest BCUT2D eigenvalue weighted by Crippen LogP contribution is 2.23. The minimum atomic E-state index is -0.0873. The van der Waals surface area contributed by atoms with Crippen LogP contribution in [0.4, 0.5) is 0 Å². The second-order valence-corrected chi connectivity index (χ2v) is 5.10. The first kappa shape index (κ1) is 15.1. The molecule has 0 heterocycles. The molecule has 0 aromatic heterocycles. The van der Waals surface area contributed by atoms with Gasteiger partial charge in [-0.3, -0.25) is 10.1 Å². The Balaban J connectivity index is 2.23. The van der Waals surface area contributed by atoms with E-state index in [9.17, 15) is 9.90 Å². The molecule has 1 atom stereocenters. The van der Waals surface area contributed by atoms with Crippen molar-refractivity contribution in [1.29, 1.82) is 0 Å². The van der Waals surface area contributed by atoms with Crippen LogP contribution in [0.25, 0.3) is 0 Å². The number of nitrogens with zero attached hydrogens (tertiary/aromatic N) is 1. The number of amides is 1. The van der Waals surface area contributed by atoms with Crippen molar-refractivity contribution in [3.8, 4) is 5.75 Å². The van der Waals surface area contributed by atoms with Crippen LogP contribution in [-0.4, -0.2) is 36.6 Å². The maximum absolute atomic E-state index is 11.8. The monoisotopic (exact) mass is 284 g/mol. The highest BCUT2D eigenvalue weighted by atomic mass is 16.3. The average Bonchev–Trinajstić information content (AvgIpc) is 2.50. The average molecular weight is 284 g/mol. The summed E-state index contributed by atoms with van der Waals surface area (Å²) in [5.41, 5.74) is 2.08. The summed E-state index contributed by atoms with van der Waals surface area (Å²) in [5.74, 6) is 0.254. The van der Waals surface area contributed by atoms with E-state index in [1.165, 1.54) is 0 Å². The molecule has 2 rings (SSSR count). The number of rotatable bonds is 5. The highest BCUT2D eigenvalue weighted by Gasteiger charge is 2.15. The molecule has 2 N–H and O–H groups in total. The SMILES string of the molecule is CN(C)C(=O)CNC(c1ccccc1)c1ccc(O)cc1. The standard InChI is InChI=1S/C17H20N2O2/c1-19(2)16(21)12-18-17(13-6-4-3-5-7-13)14-8-10-15(20)11-9-14/h3-11,17-18,20H,12H2,1-2H3. The molecule has 0 saturated heterocycles. The lowest BCUT2D eigenvalue weighted by Crippen LogP contribution is -2.35. The molecule has 4 nitrogen and oxygen atoms in total. The maximum atomic E-state index is 11.8. The van der Waals surface area contributed by atoms with Gasteiger partial charge in [-0.25, -0.2) is 0 Å². The molecule has 21 heavy (non-hydrogen) atoms. The molecule has 1 amide bonds. The number of hydrogen-bond donors (Lipinski definition) is 2. The predicted molar refractivity (Wildman–Crippen MR) is 83.1 cm³/mol. The fraction of sp³-hybridized carbons (Fsp3) is 0.235. The van der Waals surface area contributed by atoms with Gasteiger partial charge in [0.25, 0.3) is 0 Å². The van der Waals surface area contributed by atoms with E-state index in [2.05, 4.69) is 5.32 Å². The van der Waals surface area contributed by atoms with E-state index in [0.29, 0.717) is 0 Å². The first-order chi connectivity index (χ1) is 10.1. The van der Waals surface area contributed by atoms with E-state index in [0.717, 1.165) is 11.1 Å². The Labute approximate surface area is 125 Å². The number of likely N-dealkylation sites (N-methyl/N-ethyl adjacent to an activating group) is 1. The number of aromatic hydroxyl groups is 1. The molecule has 0 aliphatic heterocycles. The Morgan fingerprint density at radius 1 is 1.05 bits per heavy atom. The lowest BCUT2D eigenvalue weighted by molar-refractivity contribution is -0.127. The smallest absolute Gasteiger partial charge is 0.236 e. The number of carbonyl (C=O) groups is 1. The van der Waals surface area contributed by atoms with Crippen LogP contribution in [-0.2, 0) is 4.79 Å². The van der Waals surface area contributed by atoms with Crippen molar-refractivity contribution in [2.45, 2.75) is 6.04 Å². The normalized spacial score (nSPS) is 11.9. The third-order valence-corrected chi connectivity index (χ3v) is 3.32. The Kier molecular flexibility index (Phi) is 4.95. The highest BCUT2D eigenvalue weighted by molar-refractivity contribution is 5.77. The van der Waals surface area contributed by atoms with Gasteiger partial charge in [0.15, 0.2) is 0 Å². The summed E-state index contributed by atoms with van der Waals surface area (Å²) >= 11 is 0. The van der Waals surface area contributed by atoms with Gasteiger partial charge in [-0.15, -0.1) is 0 Å². The van der Waals surface area contributed by atoms with E-state index in [-0.39, 0.29) is 24.2 Å². The van der Waals surface area contributed by atoms with Crippen molar-refractivity contribution >= 4 is 5.91 Å². The van der Waals surface area contributed by atoms with Gasteiger partial charge in [0.05, 0.1) is 12.6 Å². The first-order valence-corrected chi connectivity index (χ1v) is 6.85. The Bertz CT molecular complexity index is 579. The third kappa shape index (κ3) is 4.07. The van der Waals surface area contributed by atoms with Gasteiger partial charge < -0.3 is 10.0 Å². The molecule has 0 aliphatic rings. The predicted octanol–water partition coefficient (Wildman–Crippen LogP) is 2.16. The van der Waals surface area contributed by atoms with Crippen molar-refractivity contribution in [3.05, 3.63) is 65.7 Å². The number of carbonyl (C=O) groups excluding carboxylic acids is 1. The van der Waals surface area contributed by atoms with Crippen molar-refractivity contribution < 1.29 is 9.90 Å². The minimum absolute atomic E-state index is 0.0229. The van der Waals surface area contributed by atoms with E-state index in [4.69, 9.17) is 0 Å². The van der Waals surface area contributed by atoms with Crippen LogP contribution in [0.3, 0.4) is 0 Å². The molecule has 0 fully saturated rings. The van der Waals surface area contributed by atoms with Crippen LogP contribution < -0.4 is 5.32 Å². The Hall–Kier alpha value is -2.33. The molecule has 110 valence electrons. The fourth-order valence-corrected chi connectivity index (χ4v) is 2.09. The number of phenols is 1. The molecule has 2 aromatic carbocycles. The van der Waals surface area contributed by atoms with Crippen molar-refractivity contribution in [2.24, 2.45) is 0 Å². The van der Waals surface area contributed by atoms with E-state index in [1.54, 1.807) is 31.1 Å². The number of benzene rings is 2. The maximum Gasteiger partial charge on any atom is 0.236 e. The summed E-state index contributed by atoms with van der Waals surface area (Å²) in [5, 5.41) is 12.7. The van der Waals surface area contributed by atoms with Crippen LogP contribution in [0.2, 0.25) is 0 Å². The number of hydrogen-bond acceptors (Lipinski definition) is 3. The second kappa shape index (κ2) is 6.90. The summed E-state index contributed by atoms with van der Waals surface area (Å²) in [4.78, 5) is 13.3. The van der Waals surface area contributed by atoms with Gasteiger partial charge in [0.2, 0.25) is 5.91 Å². The molecule has 0 radical (unpaired) electrons. The van der Waals surface area contributed by atoms with Crippen molar-refractivity contribution in [3.63, 3.8) is 0 Å². The van der Waals surface area contributed by atoms with Gasteiger partial charge >= 0.3 is 0 Å². The lowest BCUT2D eigenvalue weighted by atomic mass is 9.98. The van der Waals surface area contributed by atoms with Crippen LogP contribution in [0.5, 0.6) is 5.75 Å². The Morgan fingerprint density at radius 3 is 2.19 bits per heavy atom. The third-order valence-electron chi connectivity index (χ3n) is 3.32. The summed E-state index contributed by atoms with van der Waals surface area (Å²) in [6.45, 7) is 0.257.